The van der Waals surface area contributed by atoms with Gasteiger partial charge in [-0.2, -0.15) is 0 Å². The van der Waals surface area contributed by atoms with E-state index < -0.39 is 0 Å². The molecule has 3 heteroatoms. The molecule has 0 aliphatic carbocycles. The molecule has 1 fully saturated rings. The van der Waals surface area contributed by atoms with Crippen LogP contribution in [0.25, 0.3) is 0 Å². The number of piperidine rings is 1. The maximum atomic E-state index is 12.3. The summed E-state index contributed by atoms with van der Waals surface area (Å²) in [6.45, 7) is 2.49. The summed E-state index contributed by atoms with van der Waals surface area (Å²) < 4.78 is 17.4. The van der Waals surface area contributed by atoms with Crippen LogP contribution in [-0.2, 0) is 4.74 Å². The number of halogens is 1. The summed E-state index contributed by atoms with van der Waals surface area (Å²) in [6.07, 6.45) is 1.58. The lowest BCUT2D eigenvalue weighted by Crippen LogP contribution is -2.35. The smallest absolute Gasteiger partial charge is 0.0863 e. The Hall–Kier alpha value is -0.410. The minimum absolute atomic E-state index is 0.249. The van der Waals surface area contributed by atoms with Crippen LogP contribution in [0, 0.1) is 5.92 Å². The van der Waals surface area contributed by atoms with Crippen LogP contribution in [0.2, 0.25) is 0 Å². The fraction of sp³-hybridized carbons (Fsp3) is 0.778. The van der Waals surface area contributed by atoms with E-state index in [2.05, 4.69) is 11.9 Å². The van der Waals surface area contributed by atoms with Crippen LogP contribution in [0.3, 0.4) is 0 Å². The number of methoxy groups -OCH3 is 1. The first-order valence-electron chi connectivity index (χ1n) is 4.24. The third kappa shape index (κ3) is 2.29. The van der Waals surface area contributed by atoms with E-state index in [1.165, 1.54) is 0 Å². The lowest BCUT2D eigenvalue weighted by molar-refractivity contribution is 0.129. The van der Waals surface area contributed by atoms with Crippen LogP contribution in [0.15, 0.2) is 11.9 Å². The third-order valence-corrected chi connectivity index (χ3v) is 2.35. The quantitative estimate of drug-likeness (QED) is 0.626. The average molecular weight is 173 g/mol. The van der Waals surface area contributed by atoms with Crippen molar-refractivity contribution in [1.82, 2.24) is 4.90 Å². The molecule has 0 spiro atoms. The number of hydrogen-bond acceptors (Lipinski definition) is 2. The SMILES string of the molecule is COCC1CN(C)CC/C1=C\F. The van der Waals surface area contributed by atoms with Crippen molar-refractivity contribution in [3.63, 3.8) is 0 Å². The van der Waals surface area contributed by atoms with E-state index in [-0.39, 0.29) is 5.92 Å². The average Bonchev–Trinajstić information content (AvgIpc) is 2.05. The Kier molecular flexibility index (Phi) is 3.69. The van der Waals surface area contributed by atoms with Gasteiger partial charge in [-0.05, 0) is 19.0 Å². The fourth-order valence-electron chi connectivity index (χ4n) is 1.61. The molecule has 1 unspecified atom stereocenters. The molecule has 0 aromatic carbocycles. The molecule has 1 saturated heterocycles. The van der Waals surface area contributed by atoms with Crippen molar-refractivity contribution in [3.8, 4) is 0 Å². The van der Waals surface area contributed by atoms with Gasteiger partial charge in [-0.15, -0.1) is 0 Å². The van der Waals surface area contributed by atoms with Gasteiger partial charge in [-0.1, -0.05) is 0 Å². The van der Waals surface area contributed by atoms with Crippen molar-refractivity contribution < 1.29 is 9.13 Å². The molecule has 0 saturated carbocycles. The van der Waals surface area contributed by atoms with Crippen LogP contribution in [-0.4, -0.2) is 38.8 Å². The Labute approximate surface area is 73.0 Å². The molecular formula is C9H16FNO. The number of rotatable bonds is 2. The van der Waals surface area contributed by atoms with Crippen molar-refractivity contribution in [2.75, 3.05) is 33.9 Å². The molecule has 1 atom stereocenters. The fourth-order valence-corrected chi connectivity index (χ4v) is 1.61. The highest BCUT2D eigenvalue weighted by atomic mass is 19.1. The zero-order valence-electron chi connectivity index (χ0n) is 7.72. The first-order chi connectivity index (χ1) is 5.77. The summed E-state index contributed by atoms with van der Waals surface area (Å²) in [5.74, 6) is 0.249. The molecule has 0 aromatic heterocycles. The molecule has 1 aliphatic heterocycles. The Balaban J connectivity index is 2.52. The Bertz CT molecular complexity index is 170. The second-order valence-corrected chi connectivity index (χ2v) is 3.35. The molecule has 0 bridgehead atoms. The van der Waals surface area contributed by atoms with Crippen LogP contribution in [0.1, 0.15) is 6.42 Å². The van der Waals surface area contributed by atoms with Crippen molar-refractivity contribution in [2.24, 2.45) is 5.92 Å². The van der Waals surface area contributed by atoms with Gasteiger partial charge in [0.2, 0.25) is 0 Å². The molecule has 12 heavy (non-hydrogen) atoms. The maximum Gasteiger partial charge on any atom is 0.0863 e. The first kappa shape index (κ1) is 9.68. The summed E-state index contributed by atoms with van der Waals surface area (Å²) in [5.41, 5.74) is 0.898. The van der Waals surface area contributed by atoms with Crippen molar-refractivity contribution in [3.05, 3.63) is 11.9 Å². The molecule has 0 aromatic rings. The van der Waals surface area contributed by atoms with Gasteiger partial charge in [0.05, 0.1) is 12.9 Å². The highest BCUT2D eigenvalue weighted by Gasteiger charge is 2.21. The van der Waals surface area contributed by atoms with Gasteiger partial charge in [0, 0.05) is 26.1 Å². The zero-order chi connectivity index (χ0) is 8.97. The largest absolute Gasteiger partial charge is 0.384 e. The Morgan fingerprint density at radius 3 is 3.08 bits per heavy atom. The maximum absolute atomic E-state index is 12.3. The van der Waals surface area contributed by atoms with Gasteiger partial charge < -0.3 is 9.64 Å². The van der Waals surface area contributed by atoms with Gasteiger partial charge in [-0.25, -0.2) is 4.39 Å². The van der Waals surface area contributed by atoms with E-state index in [4.69, 9.17) is 4.74 Å². The number of ether oxygens (including phenoxy) is 1. The number of likely N-dealkylation sites (tertiary alicyclic amines) is 1. The summed E-state index contributed by atoms with van der Waals surface area (Å²) in [7, 11) is 3.71. The third-order valence-electron chi connectivity index (χ3n) is 2.35. The standard InChI is InChI=1S/C9H16FNO/c1-11-4-3-8(5-10)9(6-11)7-12-2/h5,9H,3-4,6-7H2,1-2H3/b8-5+. The first-order valence-corrected chi connectivity index (χ1v) is 4.24. The molecule has 70 valence electrons. The van der Waals surface area contributed by atoms with E-state index in [0.717, 1.165) is 31.4 Å². The van der Waals surface area contributed by atoms with Crippen LogP contribution in [0.5, 0.6) is 0 Å². The van der Waals surface area contributed by atoms with Gasteiger partial charge in [-0.3, -0.25) is 0 Å². The molecule has 2 nitrogen and oxygen atoms in total. The molecule has 0 N–H and O–H groups in total. The number of hydrogen-bond donors (Lipinski definition) is 0. The Morgan fingerprint density at radius 1 is 1.75 bits per heavy atom. The zero-order valence-corrected chi connectivity index (χ0v) is 7.72. The summed E-state index contributed by atoms with van der Waals surface area (Å²) in [6, 6.07) is 0. The summed E-state index contributed by atoms with van der Waals surface area (Å²) in [5, 5.41) is 0. The number of nitrogens with zero attached hydrogens (tertiary/aromatic N) is 1. The normalized spacial score (nSPS) is 29.6. The van der Waals surface area contributed by atoms with E-state index in [9.17, 15) is 4.39 Å². The summed E-state index contributed by atoms with van der Waals surface area (Å²) >= 11 is 0. The lowest BCUT2D eigenvalue weighted by atomic mass is 9.94. The van der Waals surface area contributed by atoms with Crippen molar-refractivity contribution in [2.45, 2.75) is 6.42 Å². The van der Waals surface area contributed by atoms with Crippen LogP contribution < -0.4 is 0 Å². The molecule has 1 aliphatic rings. The van der Waals surface area contributed by atoms with E-state index >= 15 is 0 Å². The lowest BCUT2D eigenvalue weighted by Gasteiger charge is -2.30. The second-order valence-electron chi connectivity index (χ2n) is 3.35. The van der Waals surface area contributed by atoms with Crippen LogP contribution >= 0.6 is 0 Å². The topological polar surface area (TPSA) is 12.5 Å². The molecule has 1 rings (SSSR count). The predicted octanol–water partition coefficient (Wildman–Crippen LogP) is 1.44. The second kappa shape index (κ2) is 4.58. The molecule has 0 amide bonds. The molecule has 0 radical (unpaired) electrons. The molecular weight excluding hydrogens is 157 g/mol. The predicted molar refractivity (Wildman–Crippen MR) is 46.7 cm³/mol. The van der Waals surface area contributed by atoms with E-state index in [1.54, 1.807) is 7.11 Å². The molecule has 1 heterocycles. The van der Waals surface area contributed by atoms with E-state index in [1.807, 2.05) is 0 Å². The van der Waals surface area contributed by atoms with Gasteiger partial charge >= 0.3 is 0 Å². The van der Waals surface area contributed by atoms with Crippen molar-refractivity contribution in [1.29, 1.82) is 0 Å². The highest BCUT2D eigenvalue weighted by molar-refractivity contribution is 5.07. The minimum atomic E-state index is 0.249. The minimum Gasteiger partial charge on any atom is -0.384 e. The summed E-state index contributed by atoms with van der Waals surface area (Å²) in [4.78, 5) is 2.21. The highest BCUT2D eigenvalue weighted by Crippen LogP contribution is 2.22. The van der Waals surface area contributed by atoms with E-state index in [0.29, 0.717) is 6.61 Å². The van der Waals surface area contributed by atoms with Gasteiger partial charge in [0.15, 0.2) is 0 Å². The van der Waals surface area contributed by atoms with Gasteiger partial charge in [0.25, 0.3) is 0 Å². The van der Waals surface area contributed by atoms with Crippen molar-refractivity contribution >= 4 is 0 Å². The van der Waals surface area contributed by atoms with Crippen LogP contribution in [0.4, 0.5) is 4.39 Å². The Morgan fingerprint density at radius 2 is 2.50 bits per heavy atom. The monoisotopic (exact) mass is 173 g/mol. The van der Waals surface area contributed by atoms with Gasteiger partial charge in [0.1, 0.15) is 0 Å².